The third-order valence-corrected chi connectivity index (χ3v) is 6.28. The Labute approximate surface area is 167 Å². The number of nitrogens with zero attached hydrogens (tertiary/aromatic N) is 1. The fourth-order valence-corrected chi connectivity index (χ4v) is 4.24. The molecule has 0 atom stereocenters. The van der Waals surface area contributed by atoms with Crippen LogP contribution in [0.4, 0.5) is 0 Å². The zero-order valence-electron chi connectivity index (χ0n) is 15.7. The number of Topliss-reactive ketones (excluding diaryl/α,β-unsaturated/α-hetero) is 1. The van der Waals surface area contributed by atoms with Crippen LogP contribution in [-0.4, -0.2) is 16.7 Å². The molecule has 27 heavy (non-hydrogen) atoms. The highest BCUT2D eigenvalue weighted by Gasteiger charge is 2.11. The summed E-state index contributed by atoms with van der Waals surface area (Å²) in [7, 11) is 0. The maximum absolute atomic E-state index is 12.3. The van der Waals surface area contributed by atoms with Gasteiger partial charge in [-0.25, -0.2) is 4.98 Å². The predicted octanol–water partition coefficient (Wildman–Crippen LogP) is 5.08. The van der Waals surface area contributed by atoms with Crippen LogP contribution in [0.25, 0.3) is 10.6 Å². The Hall–Kier alpha value is -2.31. The van der Waals surface area contributed by atoms with E-state index in [1.54, 1.807) is 22.7 Å². The Kier molecular flexibility index (Phi) is 6.19. The van der Waals surface area contributed by atoms with Crippen LogP contribution in [0.3, 0.4) is 0 Å². The number of aryl methyl sites for hydroxylation is 3. The van der Waals surface area contributed by atoms with Crippen LogP contribution >= 0.6 is 22.7 Å². The monoisotopic (exact) mass is 398 g/mol. The Bertz CT molecular complexity index is 972. The van der Waals surface area contributed by atoms with Crippen LogP contribution in [0.5, 0.6) is 0 Å². The molecule has 1 N–H and O–H groups in total. The van der Waals surface area contributed by atoms with Crippen molar-refractivity contribution < 1.29 is 9.59 Å². The maximum Gasteiger partial charge on any atom is 0.220 e. The summed E-state index contributed by atoms with van der Waals surface area (Å²) in [6.07, 6.45) is 0.428. The molecule has 140 valence electrons. The molecule has 2 aromatic heterocycles. The molecular formula is C21H22N2O2S2. The highest BCUT2D eigenvalue weighted by atomic mass is 32.1. The summed E-state index contributed by atoms with van der Waals surface area (Å²) in [6, 6.07) is 9.71. The number of thiazole rings is 1. The number of benzene rings is 1. The van der Waals surface area contributed by atoms with Gasteiger partial charge < -0.3 is 5.32 Å². The molecule has 4 nitrogen and oxygen atoms in total. The molecule has 3 rings (SSSR count). The van der Waals surface area contributed by atoms with Crippen LogP contribution < -0.4 is 5.32 Å². The largest absolute Gasteiger partial charge is 0.351 e. The van der Waals surface area contributed by atoms with Gasteiger partial charge in [-0.3, -0.25) is 9.59 Å². The molecule has 0 aliphatic heterocycles. The lowest BCUT2D eigenvalue weighted by molar-refractivity contribution is -0.121. The first-order valence-electron chi connectivity index (χ1n) is 8.81. The predicted molar refractivity (Wildman–Crippen MR) is 111 cm³/mol. The summed E-state index contributed by atoms with van der Waals surface area (Å²) in [5, 5.41) is 5.98. The van der Waals surface area contributed by atoms with E-state index in [0.717, 1.165) is 31.6 Å². The first-order chi connectivity index (χ1) is 12.9. The first kappa shape index (κ1) is 19.5. The average molecular weight is 399 g/mol. The third-order valence-electron chi connectivity index (χ3n) is 4.40. The highest BCUT2D eigenvalue weighted by Crippen LogP contribution is 2.28. The van der Waals surface area contributed by atoms with Crippen LogP contribution in [0.15, 0.2) is 35.7 Å². The number of aromatic nitrogens is 1. The van der Waals surface area contributed by atoms with Gasteiger partial charge in [0.1, 0.15) is 0 Å². The second kappa shape index (κ2) is 8.59. The van der Waals surface area contributed by atoms with Gasteiger partial charge in [0.15, 0.2) is 5.78 Å². The van der Waals surface area contributed by atoms with Gasteiger partial charge >= 0.3 is 0 Å². The zero-order chi connectivity index (χ0) is 19.4. The lowest BCUT2D eigenvalue weighted by atomic mass is 10.0. The second-order valence-electron chi connectivity index (χ2n) is 6.52. The summed E-state index contributed by atoms with van der Waals surface area (Å²) >= 11 is 3.26. The normalized spacial score (nSPS) is 10.8. The van der Waals surface area contributed by atoms with E-state index in [1.165, 1.54) is 0 Å². The van der Waals surface area contributed by atoms with E-state index in [9.17, 15) is 9.59 Å². The van der Waals surface area contributed by atoms with Crippen molar-refractivity contribution in [3.8, 4) is 10.6 Å². The molecule has 0 aliphatic rings. The van der Waals surface area contributed by atoms with E-state index in [-0.39, 0.29) is 24.5 Å². The molecule has 1 aromatic carbocycles. The quantitative estimate of drug-likeness (QED) is 0.565. The molecule has 0 saturated carbocycles. The minimum absolute atomic E-state index is 0.00515. The summed E-state index contributed by atoms with van der Waals surface area (Å²) in [6.45, 7) is 6.47. The van der Waals surface area contributed by atoms with Gasteiger partial charge in [-0.15, -0.1) is 22.7 Å². The van der Waals surface area contributed by atoms with Crippen molar-refractivity contribution in [3.05, 3.63) is 62.3 Å². The molecule has 0 unspecified atom stereocenters. The van der Waals surface area contributed by atoms with Crippen molar-refractivity contribution in [2.24, 2.45) is 0 Å². The molecule has 2 heterocycles. The van der Waals surface area contributed by atoms with Gasteiger partial charge in [-0.1, -0.05) is 12.1 Å². The van der Waals surface area contributed by atoms with Crippen molar-refractivity contribution in [2.75, 3.05) is 0 Å². The minimum Gasteiger partial charge on any atom is -0.351 e. The number of nitrogens with one attached hydrogen (secondary N) is 1. The van der Waals surface area contributed by atoms with E-state index in [2.05, 4.69) is 10.3 Å². The maximum atomic E-state index is 12.3. The minimum atomic E-state index is -0.105. The first-order valence-corrected chi connectivity index (χ1v) is 10.5. The Morgan fingerprint density at radius 2 is 1.85 bits per heavy atom. The number of ketones is 1. The van der Waals surface area contributed by atoms with Gasteiger partial charge in [0, 0.05) is 28.7 Å². The molecule has 3 aromatic rings. The Balaban J connectivity index is 1.48. The molecule has 0 bridgehead atoms. The van der Waals surface area contributed by atoms with Gasteiger partial charge in [0.2, 0.25) is 5.91 Å². The summed E-state index contributed by atoms with van der Waals surface area (Å²) in [5.74, 6) is -0.0998. The van der Waals surface area contributed by atoms with Gasteiger partial charge in [0.25, 0.3) is 0 Å². The standard InChI is InChI=1S/C21H22N2O2S2/c1-13-4-5-16(10-14(13)2)19(24)7-9-21(25)22-11-17-6-8-20(27-17)18-12-26-15(3)23-18/h4-6,8,10,12H,7,9,11H2,1-3H3,(H,22,25). The average Bonchev–Trinajstić information content (AvgIpc) is 3.29. The second-order valence-corrected chi connectivity index (χ2v) is 8.75. The van der Waals surface area contributed by atoms with Crippen molar-refractivity contribution in [1.82, 2.24) is 10.3 Å². The van der Waals surface area contributed by atoms with Crippen molar-refractivity contribution in [2.45, 2.75) is 40.2 Å². The van der Waals surface area contributed by atoms with Crippen LogP contribution in [-0.2, 0) is 11.3 Å². The summed E-state index contributed by atoms with van der Waals surface area (Å²) in [5.41, 5.74) is 3.91. The van der Waals surface area contributed by atoms with Crippen molar-refractivity contribution in [1.29, 1.82) is 0 Å². The van der Waals surface area contributed by atoms with E-state index < -0.39 is 0 Å². The fraction of sp³-hybridized carbons (Fsp3) is 0.286. The van der Waals surface area contributed by atoms with E-state index >= 15 is 0 Å². The number of rotatable bonds is 7. The summed E-state index contributed by atoms with van der Waals surface area (Å²) in [4.78, 5) is 31.0. The van der Waals surface area contributed by atoms with Gasteiger partial charge in [-0.05, 0) is 50.1 Å². The molecule has 6 heteroatoms. The SMILES string of the molecule is Cc1nc(-c2ccc(CNC(=O)CCC(=O)c3ccc(C)c(C)c3)s2)cs1. The van der Waals surface area contributed by atoms with E-state index in [1.807, 2.05) is 56.5 Å². The topological polar surface area (TPSA) is 59.1 Å². The van der Waals surface area contributed by atoms with Crippen molar-refractivity contribution in [3.63, 3.8) is 0 Å². The summed E-state index contributed by atoms with van der Waals surface area (Å²) < 4.78 is 0. The molecule has 0 saturated heterocycles. The molecule has 0 spiro atoms. The number of thiophene rings is 1. The van der Waals surface area contributed by atoms with E-state index in [0.29, 0.717) is 12.1 Å². The van der Waals surface area contributed by atoms with Gasteiger partial charge in [0.05, 0.1) is 22.1 Å². The number of hydrogen-bond acceptors (Lipinski definition) is 5. The van der Waals surface area contributed by atoms with Crippen LogP contribution in [0.1, 0.15) is 44.2 Å². The highest BCUT2D eigenvalue weighted by molar-refractivity contribution is 7.16. The number of carbonyl (C=O) groups excluding carboxylic acids is 2. The smallest absolute Gasteiger partial charge is 0.220 e. The third kappa shape index (κ3) is 5.11. The lowest BCUT2D eigenvalue weighted by Crippen LogP contribution is -2.22. The lowest BCUT2D eigenvalue weighted by Gasteiger charge is -2.06. The van der Waals surface area contributed by atoms with Crippen LogP contribution in [0.2, 0.25) is 0 Å². The Morgan fingerprint density at radius 3 is 2.56 bits per heavy atom. The number of amides is 1. The molecular weight excluding hydrogens is 376 g/mol. The molecule has 1 amide bonds. The van der Waals surface area contributed by atoms with Crippen LogP contribution in [0, 0.1) is 20.8 Å². The number of carbonyl (C=O) groups is 2. The van der Waals surface area contributed by atoms with Crippen molar-refractivity contribution >= 4 is 34.4 Å². The molecule has 0 fully saturated rings. The van der Waals surface area contributed by atoms with Gasteiger partial charge in [-0.2, -0.15) is 0 Å². The van der Waals surface area contributed by atoms with E-state index in [4.69, 9.17) is 0 Å². The fourth-order valence-electron chi connectivity index (χ4n) is 2.65. The Morgan fingerprint density at radius 1 is 1.04 bits per heavy atom. The number of hydrogen-bond donors (Lipinski definition) is 1. The molecule has 0 radical (unpaired) electrons. The zero-order valence-corrected chi connectivity index (χ0v) is 17.3. The molecule has 0 aliphatic carbocycles.